The number of carbonyl (C=O) groups is 2. The van der Waals surface area contributed by atoms with Crippen LogP contribution in [0.1, 0.15) is 15.9 Å². The third kappa shape index (κ3) is 4.25. The first-order valence-corrected chi connectivity index (χ1v) is 7.32. The molecule has 126 valence electrons. The van der Waals surface area contributed by atoms with Gasteiger partial charge in [-0.25, -0.2) is 0 Å². The lowest BCUT2D eigenvalue weighted by atomic mass is 10.1. The van der Waals surface area contributed by atoms with Crippen LogP contribution in [0.2, 0.25) is 0 Å². The highest BCUT2D eigenvalue weighted by Crippen LogP contribution is 2.26. The molecule has 0 aliphatic carbocycles. The number of hydrogen-bond acceptors (Lipinski definition) is 4. The number of carboxylic acids is 1. The minimum atomic E-state index is -1.08. The molecule has 0 aromatic heterocycles. The monoisotopic (exact) mass is 329 g/mol. The van der Waals surface area contributed by atoms with Gasteiger partial charge in [0.1, 0.15) is 18.0 Å². The fourth-order valence-electron chi connectivity index (χ4n) is 2.31. The lowest BCUT2D eigenvalue weighted by molar-refractivity contribution is -0.137. The van der Waals surface area contributed by atoms with Crippen molar-refractivity contribution < 1.29 is 24.2 Å². The van der Waals surface area contributed by atoms with E-state index in [1.807, 2.05) is 0 Å². The third-order valence-corrected chi connectivity index (χ3v) is 3.49. The van der Waals surface area contributed by atoms with E-state index in [4.69, 9.17) is 14.6 Å². The molecule has 6 nitrogen and oxygen atoms in total. The van der Waals surface area contributed by atoms with E-state index in [0.717, 1.165) is 0 Å². The van der Waals surface area contributed by atoms with E-state index in [9.17, 15) is 9.59 Å². The van der Waals surface area contributed by atoms with Crippen LogP contribution in [-0.2, 0) is 11.3 Å². The number of carbonyl (C=O) groups excluding carboxylic acids is 1. The van der Waals surface area contributed by atoms with Crippen LogP contribution in [0.25, 0.3) is 0 Å². The number of carboxylic acid groups (broad SMARTS) is 1. The Morgan fingerprint density at radius 2 is 1.75 bits per heavy atom. The van der Waals surface area contributed by atoms with Crippen LogP contribution in [0.4, 0.5) is 0 Å². The van der Waals surface area contributed by atoms with Gasteiger partial charge in [-0.15, -0.1) is 0 Å². The van der Waals surface area contributed by atoms with Crippen molar-refractivity contribution in [1.82, 2.24) is 4.90 Å². The van der Waals surface area contributed by atoms with Gasteiger partial charge >= 0.3 is 5.97 Å². The summed E-state index contributed by atoms with van der Waals surface area (Å²) in [6, 6.07) is 13.8. The second-order valence-electron chi connectivity index (χ2n) is 5.10. The topological polar surface area (TPSA) is 76.1 Å². The van der Waals surface area contributed by atoms with Crippen molar-refractivity contribution in [2.24, 2.45) is 0 Å². The molecule has 6 heteroatoms. The van der Waals surface area contributed by atoms with Crippen molar-refractivity contribution in [2.75, 3.05) is 20.8 Å². The van der Waals surface area contributed by atoms with Crippen molar-refractivity contribution in [3.8, 4) is 11.5 Å². The number of nitrogens with zero attached hydrogens (tertiary/aromatic N) is 1. The molecule has 0 unspecified atom stereocenters. The Labute approximate surface area is 140 Å². The highest BCUT2D eigenvalue weighted by atomic mass is 16.5. The van der Waals surface area contributed by atoms with Crippen LogP contribution < -0.4 is 9.47 Å². The van der Waals surface area contributed by atoms with Crippen molar-refractivity contribution in [1.29, 1.82) is 0 Å². The van der Waals surface area contributed by atoms with Gasteiger partial charge in [0.05, 0.1) is 20.8 Å². The first kappa shape index (κ1) is 17.3. The highest BCUT2D eigenvalue weighted by molar-refractivity contribution is 5.95. The van der Waals surface area contributed by atoms with E-state index in [2.05, 4.69) is 0 Å². The molecule has 0 spiro atoms. The summed E-state index contributed by atoms with van der Waals surface area (Å²) in [4.78, 5) is 25.0. The van der Waals surface area contributed by atoms with Gasteiger partial charge < -0.3 is 19.5 Å². The van der Waals surface area contributed by atoms with E-state index in [0.29, 0.717) is 22.6 Å². The summed E-state index contributed by atoms with van der Waals surface area (Å²) in [5, 5.41) is 9.12. The summed E-state index contributed by atoms with van der Waals surface area (Å²) in [5.74, 6) is -0.275. The Hall–Kier alpha value is -3.02. The molecule has 0 aliphatic heterocycles. The van der Waals surface area contributed by atoms with Gasteiger partial charge in [0, 0.05) is 17.2 Å². The van der Waals surface area contributed by atoms with Gasteiger partial charge in [-0.3, -0.25) is 9.59 Å². The Morgan fingerprint density at radius 3 is 2.33 bits per heavy atom. The maximum absolute atomic E-state index is 12.6. The van der Waals surface area contributed by atoms with Crippen LogP contribution in [0, 0.1) is 0 Å². The zero-order valence-corrected chi connectivity index (χ0v) is 13.6. The highest BCUT2D eigenvalue weighted by Gasteiger charge is 2.20. The molecule has 2 rings (SSSR count). The summed E-state index contributed by atoms with van der Waals surface area (Å²) in [6.45, 7) is -0.282. The fourth-order valence-corrected chi connectivity index (χ4v) is 2.31. The maximum Gasteiger partial charge on any atom is 0.323 e. The van der Waals surface area contributed by atoms with E-state index in [1.54, 1.807) is 55.6 Å². The predicted octanol–water partition coefficient (Wildman–Crippen LogP) is 2.43. The quantitative estimate of drug-likeness (QED) is 0.844. The first-order chi connectivity index (χ1) is 11.5. The molecular weight excluding hydrogens is 310 g/mol. The molecule has 2 aromatic carbocycles. The number of rotatable bonds is 7. The van der Waals surface area contributed by atoms with Crippen LogP contribution in [0.5, 0.6) is 11.5 Å². The Balaban J connectivity index is 2.29. The summed E-state index contributed by atoms with van der Waals surface area (Å²) < 4.78 is 10.5. The number of benzene rings is 2. The normalized spacial score (nSPS) is 10.1. The van der Waals surface area contributed by atoms with Gasteiger partial charge in [0.2, 0.25) is 0 Å². The zero-order chi connectivity index (χ0) is 17.5. The van der Waals surface area contributed by atoms with Crippen molar-refractivity contribution in [3.05, 3.63) is 59.7 Å². The lowest BCUT2D eigenvalue weighted by Crippen LogP contribution is -2.35. The number of methoxy groups -OCH3 is 2. The summed E-state index contributed by atoms with van der Waals surface area (Å²) in [6.07, 6.45) is 0. The molecule has 2 aromatic rings. The Morgan fingerprint density at radius 1 is 1.04 bits per heavy atom. The van der Waals surface area contributed by atoms with Crippen molar-refractivity contribution in [3.63, 3.8) is 0 Å². The van der Waals surface area contributed by atoms with E-state index in [1.165, 1.54) is 12.0 Å². The zero-order valence-electron chi connectivity index (χ0n) is 13.6. The first-order valence-electron chi connectivity index (χ1n) is 7.32. The molecule has 1 N–H and O–H groups in total. The standard InChI is InChI=1S/C18H19NO5/c1-23-15-9-8-14(16(10-15)24-2)11-19(12-17(20)21)18(22)13-6-4-3-5-7-13/h3-10H,11-12H2,1-2H3,(H,20,21). The van der Waals surface area contributed by atoms with Crippen LogP contribution in [0.3, 0.4) is 0 Å². The fraction of sp³-hybridized carbons (Fsp3) is 0.222. The minimum absolute atomic E-state index is 0.118. The number of ether oxygens (including phenoxy) is 2. The molecule has 24 heavy (non-hydrogen) atoms. The van der Waals surface area contributed by atoms with E-state index < -0.39 is 12.5 Å². The SMILES string of the molecule is COc1ccc(CN(CC(=O)O)C(=O)c2ccccc2)c(OC)c1. The molecular formula is C18H19NO5. The van der Waals surface area contributed by atoms with Gasteiger partial charge in [0.15, 0.2) is 0 Å². The minimum Gasteiger partial charge on any atom is -0.497 e. The van der Waals surface area contributed by atoms with Crippen LogP contribution in [-0.4, -0.2) is 42.6 Å². The molecule has 0 heterocycles. The van der Waals surface area contributed by atoms with Crippen molar-refractivity contribution in [2.45, 2.75) is 6.54 Å². The predicted molar refractivity (Wildman–Crippen MR) is 88.4 cm³/mol. The second-order valence-corrected chi connectivity index (χ2v) is 5.10. The van der Waals surface area contributed by atoms with E-state index in [-0.39, 0.29) is 12.5 Å². The third-order valence-electron chi connectivity index (χ3n) is 3.49. The second kappa shape index (κ2) is 8.01. The molecule has 1 amide bonds. The van der Waals surface area contributed by atoms with Crippen LogP contribution >= 0.6 is 0 Å². The van der Waals surface area contributed by atoms with Crippen molar-refractivity contribution >= 4 is 11.9 Å². The van der Waals surface area contributed by atoms with Gasteiger partial charge in [0.25, 0.3) is 5.91 Å². The molecule has 0 radical (unpaired) electrons. The van der Waals surface area contributed by atoms with Gasteiger partial charge in [-0.2, -0.15) is 0 Å². The van der Waals surface area contributed by atoms with Crippen LogP contribution in [0.15, 0.2) is 48.5 Å². The van der Waals surface area contributed by atoms with Gasteiger partial charge in [-0.05, 0) is 24.3 Å². The lowest BCUT2D eigenvalue weighted by Gasteiger charge is -2.22. The number of amides is 1. The Kier molecular flexibility index (Phi) is 5.78. The average molecular weight is 329 g/mol. The summed E-state index contributed by atoms with van der Waals surface area (Å²) in [7, 11) is 3.06. The molecule has 0 bridgehead atoms. The summed E-state index contributed by atoms with van der Waals surface area (Å²) >= 11 is 0. The molecule has 0 saturated carbocycles. The number of aliphatic carboxylic acids is 1. The largest absolute Gasteiger partial charge is 0.497 e. The Bertz CT molecular complexity index is 715. The molecule has 0 fully saturated rings. The molecule has 0 saturated heterocycles. The smallest absolute Gasteiger partial charge is 0.323 e. The maximum atomic E-state index is 12.6. The summed E-state index contributed by atoms with van der Waals surface area (Å²) in [5.41, 5.74) is 1.13. The molecule has 0 aliphatic rings. The molecule has 0 atom stereocenters. The number of hydrogen-bond donors (Lipinski definition) is 1. The average Bonchev–Trinajstić information content (AvgIpc) is 2.61. The van der Waals surface area contributed by atoms with E-state index >= 15 is 0 Å². The van der Waals surface area contributed by atoms with Gasteiger partial charge in [-0.1, -0.05) is 18.2 Å².